The number of methoxy groups -OCH3 is 1. The van der Waals surface area contributed by atoms with Crippen LogP contribution in [-0.4, -0.2) is 34.1 Å². The van der Waals surface area contributed by atoms with Crippen molar-refractivity contribution in [3.05, 3.63) is 102 Å². The highest BCUT2D eigenvalue weighted by atomic mass is 127. The van der Waals surface area contributed by atoms with Gasteiger partial charge in [-0.2, -0.15) is 5.10 Å². The maximum atomic E-state index is 12.6. The normalized spacial score (nSPS) is 11.1. The van der Waals surface area contributed by atoms with Crippen molar-refractivity contribution in [2.45, 2.75) is 6.61 Å². The highest BCUT2D eigenvalue weighted by Gasteiger charge is 2.12. The van der Waals surface area contributed by atoms with Gasteiger partial charge in [0.2, 0.25) is 0 Å². The molecule has 172 valence electrons. The maximum Gasteiger partial charge on any atom is 0.349 e. The number of aromatic carboxylic acids is 1. The van der Waals surface area contributed by atoms with Gasteiger partial charge in [-0.25, -0.2) is 9.59 Å². The number of H-pyrrole nitrogens is 1. The summed E-state index contributed by atoms with van der Waals surface area (Å²) < 4.78 is 12.9. The van der Waals surface area contributed by atoms with Gasteiger partial charge < -0.3 is 19.6 Å². The molecule has 0 aliphatic rings. The Morgan fingerprint density at radius 2 is 1.88 bits per heavy atom. The number of hydrogen-bond acceptors (Lipinski definition) is 6. The molecule has 1 aromatic heterocycles. The van der Waals surface area contributed by atoms with Crippen LogP contribution in [-0.2, 0) is 6.61 Å². The second-order valence-corrected chi connectivity index (χ2v) is 8.32. The Morgan fingerprint density at radius 3 is 2.59 bits per heavy atom. The van der Waals surface area contributed by atoms with E-state index < -0.39 is 17.2 Å². The second-order valence-electron chi connectivity index (χ2n) is 7.16. The summed E-state index contributed by atoms with van der Waals surface area (Å²) in [4.78, 5) is 38.6. The molecule has 0 unspecified atom stereocenters. The first-order valence-corrected chi connectivity index (χ1v) is 11.1. The molecule has 3 aromatic carbocycles. The van der Waals surface area contributed by atoms with E-state index in [0.29, 0.717) is 28.0 Å². The number of aromatic amines is 1. The summed E-state index contributed by atoms with van der Waals surface area (Å²) in [6.07, 6.45) is 1.39. The van der Waals surface area contributed by atoms with Crippen LogP contribution in [0.1, 0.15) is 21.5 Å². The molecule has 4 rings (SSSR count). The van der Waals surface area contributed by atoms with E-state index in [9.17, 15) is 14.4 Å². The van der Waals surface area contributed by atoms with E-state index in [-0.39, 0.29) is 12.2 Å². The molecule has 2 N–H and O–H groups in total. The number of ether oxygens (including phenoxy) is 2. The fourth-order valence-corrected chi connectivity index (χ4v) is 4.02. The van der Waals surface area contributed by atoms with E-state index >= 15 is 0 Å². The van der Waals surface area contributed by atoms with Gasteiger partial charge in [0, 0.05) is 0 Å². The molecule has 0 aliphatic carbocycles. The van der Waals surface area contributed by atoms with E-state index in [1.807, 2.05) is 0 Å². The SMILES string of the molecule is COc1cc(C=Nn2c(=O)[nH]c3ccccc3c2=O)cc(I)c1OCc1ccc(C(=O)O)cc1. The Kier molecular flexibility index (Phi) is 6.77. The van der Waals surface area contributed by atoms with E-state index in [1.165, 1.54) is 25.5 Å². The molecule has 0 fully saturated rings. The lowest BCUT2D eigenvalue weighted by Gasteiger charge is -2.13. The first kappa shape index (κ1) is 23.2. The first-order chi connectivity index (χ1) is 16.4. The molecular weight excluding hydrogens is 553 g/mol. The van der Waals surface area contributed by atoms with Crippen LogP contribution in [0.15, 0.2) is 75.4 Å². The zero-order chi connectivity index (χ0) is 24.2. The number of rotatable bonds is 7. The van der Waals surface area contributed by atoms with Crippen molar-refractivity contribution in [1.82, 2.24) is 9.66 Å². The van der Waals surface area contributed by atoms with E-state index in [4.69, 9.17) is 14.6 Å². The number of halogens is 1. The minimum atomic E-state index is -0.992. The molecule has 1 heterocycles. The Bertz CT molecular complexity index is 1520. The molecule has 0 atom stereocenters. The summed E-state index contributed by atoms with van der Waals surface area (Å²) in [6, 6.07) is 16.6. The number of fused-ring (bicyclic) bond motifs is 1. The predicted molar refractivity (Wildman–Crippen MR) is 135 cm³/mol. The molecule has 34 heavy (non-hydrogen) atoms. The van der Waals surface area contributed by atoms with Gasteiger partial charge in [-0.05, 0) is 70.1 Å². The molecule has 0 aliphatic heterocycles. The van der Waals surface area contributed by atoms with Crippen LogP contribution < -0.4 is 20.7 Å². The summed E-state index contributed by atoms with van der Waals surface area (Å²) in [5, 5.41) is 13.4. The zero-order valence-corrected chi connectivity index (χ0v) is 20.0. The van der Waals surface area contributed by atoms with E-state index in [0.717, 1.165) is 13.8 Å². The fourth-order valence-electron chi connectivity index (χ4n) is 3.24. The predicted octanol–water partition coefficient (Wildman–Crippen LogP) is 3.46. The van der Waals surface area contributed by atoms with Gasteiger partial charge >= 0.3 is 11.7 Å². The van der Waals surface area contributed by atoms with Gasteiger partial charge in [-0.3, -0.25) is 4.79 Å². The third kappa shape index (κ3) is 4.86. The van der Waals surface area contributed by atoms with Crippen molar-refractivity contribution in [3.63, 3.8) is 0 Å². The average Bonchev–Trinajstić information content (AvgIpc) is 2.83. The maximum absolute atomic E-state index is 12.6. The van der Waals surface area contributed by atoms with Gasteiger partial charge in [0.05, 0.1) is 33.4 Å². The van der Waals surface area contributed by atoms with Crippen molar-refractivity contribution in [2.75, 3.05) is 7.11 Å². The number of aromatic nitrogens is 2. The van der Waals surface area contributed by atoms with Crippen LogP contribution in [0.3, 0.4) is 0 Å². The van der Waals surface area contributed by atoms with Crippen molar-refractivity contribution in [1.29, 1.82) is 0 Å². The van der Waals surface area contributed by atoms with Crippen LogP contribution in [0.25, 0.3) is 10.9 Å². The number of carboxylic acid groups (broad SMARTS) is 1. The van der Waals surface area contributed by atoms with Gasteiger partial charge in [0.15, 0.2) is 11.5 Å². The molecule has 0 saturated carbocycles. The molecule has 0 radical (unpaired) electrons. The molecule has 0 amide bonds. The van der Waals surface area contributed by atoms with E-state index in [1.54, 1.807) is 48.5 Å². The van der Waals surface area contributed by atoms with Gasteiger partial charge in [-0.1, -0.05) is 24.3 Å². The average molecular weight is 571 g/mol. The number of hydrogen-bond donors (Lipinski definition) is 2. The van der Waals surface area contributed by atoms with Crippen LogP contribution >= 0.6 is 22.6 Å². The monoisotopic (exact) mass is 571 g/mol. The number of nitrogens with one attached hydrogen (secondary N) is 1. The van der Waals surface area contributed by atoms with Gasteiger partial charge in [-0.15, -0.1) is 4.68 Å². The summed E-state index contributed by atoms with van der Waals surface area (Å²) in [6.45, 7) is 0.210. The highest BCUT2D eigenvalue weighted by Crippen LogP contribution is 2.34. The highest BCUT2D eigenvalue weighted by molar-refractivity contribution is 14.1. The van der Waals surface area contributed by atoms with Crippen molar-refractivity contribution in [3.8, 4) is 11.5 Å². The Hall–Kier alpha value is -3.93. The minimum Gasteiger partial charge on any atom is -0.493 e. The van der Waals surface area contributed by atoms with Crippen molar-refractivity contribution in [2.24, 2.45) is 5.10 Å². The minimum absolute atomic E-state index is 0.198. The fraction of sp³-hybridized carbons (Fsp3) is 0.0833. The number of para-hydroxylation sites is 1. The first-order valence-electron chi connectivity index (χ1n) is 9.98. The zero-order valence-electron chi connectivity index (χ0n) is 17.8. The van der Waals surface area contributed by atoms with E-state index in [2.05, 4.69) is 32.7 Å². The van der Waals surface area contributed by atoms with Crippen LogP contribution in [0, 0.1) is 3.57 Å². The lowest BCUT2D eigenvalue weighted by molar-refractivity contribution is 0.0697. The third-order valence-electron chi connectivity index (χ3n) is 4.94. The molecule has 0 saturated heterocycles. The molecule has 10 heteroatoms. The summed E-state index contributed by atoms with van der Waals surface area (Å²) in [7, 11) is 1.50. The summed E-state index contributed by atoms with van der Waals surface area (Å²) in [5.41, 5.74) is 0.868. The van der Waals surface area contributed by atoms with Crippen LogP contribution in [0.4, 0.5) is 0 Å². The molecule has 9 nitrogen and oxygen atoms in total. The van der Waals surface area contributed by atoms with Crippen LogP contribution in [0.5, 0.6) is 11.5 Å². The second kappa shape index (κ2) is 9.91. The lowest BCUT2D eigenvalue weighted by atomic mass is 10.1. The number of benzene rings is 3. The van der Waals surface area contributed by atoms with Crippen molar-refractivity contribution >= 4 is 45.7 Å². The summed E-state index contributed by atoms with van der Waals surface area (Å²) >= 11 is 2.09. The Balaban J connectivity index is 1.59. The molecular formula is C24H18IN3O6. The molecule has 0 bridgehead atoms. The molecule has 4 aromatic rings. The topological polar surface area (TPSA) is 123 Å². The summed E-state index contributed by atoms with van der Waals surface area (Å²) in [5.74, 6) is -0.0487. The Morgan fingerprint density at radius 1 is 1.15 bits per heavy atom. The largest absolute Gasteiger partial charge is 0.493 e. The number of carbonyl (C=O) groups is 1. The quantitative estimate of drug-likeness (QED) is 0.259. The van der Waals surface area contributed by atoms with Crippen molar-refractivity contribution < 1.29 is 19.4 Å². The van der Waals surface area contributed by atoms with Crippen LogP contribution in [0.2, 0.25) is 0 Å². The Labute approximate surface area is 206 Å². The standard InChI is InChI=1S/C24H18IN3O6/c1-33-20-11-15(12-26-28-22(29)17-4-2-3-5-19(17)27-24(28)32)10-18(25)21(20)34-13-14-6-8-16(9-7-14)23(30)31/h2-12H,13H2,1H3,(H,27,32)(H,30,31). The van der Waals surface area contributed by atoms with Gasteiger partial charge in [0.25, 0.3) is 5.56 Å². The molecule has 0 spiro atoms. The van der Waals surface area contributed by atoms with Gasteiger partial charge in [0.1, 0.15) is 6.61 Å². The number of nitrogens with zero attached hydrogens (tertiary/aromatic N) is 2. The third-order valence-corrected chi connectivity index (χ3v) is 5.74. The smallest absolute Gasteiger partial charge is 0.349 e. The lowest BCUT2D eigenvalue weighted by Crippen LogP contribution is -2.32. The number of carboxylic acids is 1.